The highest BCUT2D eigenvalue weighted by Crippen LogP contribution is 2.38. The molecule has 0 radical (unpaired) electrons. The van der Waals surface area contributed by atoms with Gasteiger partial charge in [0.05, 0.1) is 17.5 Å². The lowest BCUT2D eigenvalue weighted by molar-refractivity contribution is -0.170. The van der Waals surface area contributed by atoms with Gasteiger partial charge in [-0.15, -0.1) is 0 Å². The molecule has 1 saturated heterocycles. The quantitative estimate of drug-likeness (QED) is 0.129. The van der Waals surface area contributed by atoms with E-state index in [2.05, 4.69) is 22.9 Å². The van der Waals surface area contributed by atoms with Crippen LogP contribution in [0.4, 0.5) is 9.59 Å². The lowest BCUT2D eigenvalue weighted by Gasteiger charge is -2.56. The summed E-state index contributed by atoms with van der Waals surface area (Å²) in [5.74, 6) is -1.67. The standard InChI is InChI=1S/C35H57BN4O6/c1-11-15-16-24-17-19-25(20-18-24)28(41)34(10,12-2)39-22(5)26(21-37-31(36)44)29(42)35(13-3,14-4)40-23(6)27(30(40)43)38-32(45)46-33(7,8)9/h17-20,22-23,26-27,39H,11-16,21,36H2,1-10H3,(H,37,44)(H,38,45)/t22-,23-,26-,27-,34?/m1/s1. The first kappa shape index (κ1) is 39.0. The molecule has 256 valence electrons. The number of nitrogens with zero attached hydrogens (tertiary/aromatic N) is 1. The molecule has 2 rings (SSSR count). The number of Topliss-reactive ketones (excluding diaryl/α,β-unsaturated/α-hetero) is 2. The summed E-state index contributed by atoms with van der Waals surface area (Å²) in [6, 6.07) is 5.92. The molecule has 1 unspecified atom stereocenters. The molecule has 46 heavy (non-hydrogen) atoms. The van der Waals surface area contributed by atoms with Crippen LogP contribution in [0.15, 0.2) is 24.3 Å². The molecule has 0 bridgehead atoms. The molecular weight excluding hydrogens is 583 g/mol. The van der Waals surface area contributed by atoms with Crippen molar-refractivity contribution in [1.82, 2.24) is 20.9 Å². The molecule has 0 aliphatic carbocycles. The fraction of sp³-hybridized carbons (Fsp3) is 0.686. The Bertz CT molecular complexity index is 1240. The largest absolute Gasteiger partial charge is 0.444 e. The van der Waals surface area contributed by atoms with Crippen molar-refractivity contribution in [1.29, 1.82) is 0 Å². The molecule has 1 aliphatic heterocycles. The predicted octanol–water partition coefficient (Wildman–Crippen LogP) is 4.57. The van der Waals surface area contributed by atoms with Crippen LogP contribution in [0.3, 0.4) is 0 Å². The number of carbonyl (C=O) groups excluding carboxylic acids is 5. The average Bonchev–Trinajstić information content (AvgIpc) is 3.00. The van der Waals surface area contributed by atoms with Crippen LogP contribution >= 0.6 is 0 Å². The number of β-lactam (4-membered cyclic amide) rings is 1. The van der Waals surface area contributed by atoms with Gasteiger partial charge in [0.25, 0.3) is 0 Å². The van der Waals surface area contributed by atoms with Gasteiger partial charge < -0.3 is 25.6 Å². The summed E-state index contributed by atoms with van der Waals surface area (Å²) in [5, 5.41) is 8.94. The Morgan fingerprint density at radius 1 is 0.978 bits per heavy atom. The van der Waals surface area contributed by atoms with Gasteiger partial charge in [-0.1, -0.05) is 58.4 Å². The number of ketones is 2. The third kappa shape index (κ3) is 8.99. The fourth-order valence-corrected chi connectivity index (χ4v) is 6.45. The maximum Gasteiger partial charge on any atom is 0.408 e. The Balaban J connectivity index is 2.37. The Hall–Kier alpha value is -3.21. The van der Waals surface area contributed by atoms with Crippen molar-refractivity contribution in [3.8, 4) is 0 Å². The molecule has 3 N–H and O–H groups in total. The first-order valence-electron chi connectivity index (χ1n) is 16.9. The minimum absolute atomic E-state index is 0.0419. The molecule has 1 aromatic rings. The molecule has 1 aromatic carbocycles. The first-order chi connectivity index (χ1) is 21.4. The number of rotatable bonds is 17. The summed E-state index contributed by atoms with van der Waals surface area (Å²) in [7, 11) is 1.39. The maximum absolute atomic E-state index is 14.7. The number of hydrogen-bond donors (Lipinski definition) is 3. The number of amides is 3. The number of hydrogen-bond acceptors (Lipinski definition) is 7. The third-order valence-electron chi connectivity index (χ3n) is 9.46. The molecule has 5 atom stereocenters. The van der Waals surface area contributed by atoms with E-state index >= 15 is 0 Å². The Kier molecular flexibility index (Phi) is 13.6. The van der Waals surface area contributed by atoms with Crippen molar-refractivity contribution in [2.45, 2.75) is 143 Å². The van der Waals surface area contributed by atoms with Crippen LogP contribution in [0, 0.1) is 5.92 Å². The van der Waals surface area contributed by atoms with Crippen molar-refractivity contribution >= 4 is 37.2 Å². The van der Waals surface area contributed by atoms with Crippen molar-refractivity contribution in [2.24, 2.45) is 5.92 Å². The molecule has 0 aromatic heterocycles. The average molecular weight is 641 g/mol. The Labute approximate surface area is 276 Å². The van der Waals surface area contributed by atoms with Crippen LogP contribution in [0.25, 0.3) is 0 Å². The van der Waals surface area contributed by atoms with Crippen molar-refractivity contribution in [3.05, 3.63) is 35.4 Å². The van der Waals surface area contributed by atoms with Crippen LogP contribution < -0.4 is 16.0 Å². The molecule has 1 heterocycles. The number of ether oxygens (including phenoxy) is 1. The zero-order valence-electron chi connectivity index (χ0n) is 30.0. The number of aryl methyl sites for hydroxylation is 1. The number of carbonyl (C=O) groups is 5. The van der Waals surface area contributed by atoms with E-state index < -0.39 is 46.8 Å². The van der Waals surface area contributed by atoms with E-state index in [0.29, 0.717) is 24.8 Å². The summed E-state index contributed by atoms with van der Waals surface area (Å²) in [6.07, 6.45) is 3.61. The van der Waals surface area contributed by atoms with Gasteiger partial charge in [-0.2, -0.15) is 0 Å². The smallest absolute Gasteiger partial charge is 0.408 e. The van der Waals surface area contributed by atoms with Crippen molar-refractivity contribution in [2.75, 3.05) is 6.54 Å². The molecule has 0 spiro atoms. The van der Waals surface area contributed by atoms with E-state index in [1.165, 1.54) is 13.4 Å². The van der Waals surface area contributed by atoms with Gasteiger partial charge in [-0.3, -0.25) is 19.2 Å². The summed E-state index contributed by atoms with van der Waals surface area (Å²) in [6.45, 7) is 18.6. The highest BCUT2D eigenvalue weighted by atomic mass is 16.6. The number of likely N-dealkylation sites (tertiary alicyclic amines) is 1. The van der Waals surface area contributed by atoms with Crippen LogP contribution in [-0.4, -0.2) is 83.5 Å². The number of alkyl carbamates (subject to hydrolysis) is 1. The van der Waals surface area contributed by atoms with E-state index in [9.17, 15) is 24.0 Å². The molecule has 3 amide bonds. The van der Waals surface area contributed by atoms with E-state index in [1.54, 1.807) is 25.7 Å². The van der Waals surface area contributed by atoms with Gasteiger partial charge in [0, 0.05) is 18.2 Å². The lowest BCUT2D eigenvalue weighted by Crippen LogP contribution is -2.78. The monoisotopic (exact) mass is 640 g/mol. The van der Waals surface area contributed by atoms with Gasteiger partial charge in [0.1, 0.15) is 17.2 Å². The Morgan fingerprint density at radius 2 is 1.57 bits per heavy atom. The van der Waals surface area contributed by atoms with Crippen LogP contribution in [0.5, 0.6) is 0 Å². The summed E-state index contributed by atoms with van der Waals surface area (Å²) in [4.78, 5) is 68.2. The van der Waals surface area contributed by atoms with Gasteiger partial charge in [-0.05, 0) is 79.2 Å². The summed E-state index contributed by atoms with van der Waals surface area (Å²) >= 11 is 0. The first-order valence-corrected chi connectivity index (χ1v) is 16.9. The molecule has 1 fully saturated rings. The topological polar surface area (TPSA) is 134 Å². The van der Waals surface area contributed by atoms with E-state index in [1.807, 2.05) is 65.8 Å². The van der Waals surface area contributed by atoms with Crippen LogP contribution in [-0.2, 0) is 20.7 Å². The molecule has 0 saturated carbocycles. The second kappa shape index (κ2) is 16.1. The van der Waals surface area contributed by atoms with Gasteiger partial charge in [-0.25, -0.2) is 4.79 Å². The second-order valence-corrected chi connectivity index (χ2v) is 14.0. The Morgan fingerprint density at radius 3 is 2.02 bits per heavy atom. The van der Waals surface area contributed by atoms with Crippen LogP contribution in [0.2, 0.25) is 0 Å². The van der Waals surface area contributed by atoms with E-state index in [-0.39, 0.29) is 29.8 Å². The van der Waals surface area contributed by atoms with Crippen molar-refractivity contribution in [3.63, 3.8) is 0 Å². The fourth-order valence-electron chi connectivity index (χ4n) is 6.45. The molecule has 10 nitrogen and oxygen atoms in total. The zero-order valence-corrected chi connectivity index (χ0v) is 30.0. The molecule has 11 heteroatoms. The highest BCUT2D eigenvalue weighted by Gasteiger charge is 2.58. The van der Waals surface area contributed by atoms with Crippen molar-refractivity contribution < 1.29 is 28.7 Å². The minimum atomic E-state index is -1.18. The van der Waals surface area contributed by atoms with E-state index in [4.69, 9.17) is 4.74 Å². The predicted molar refractivity (Wildman–Crippen MR) is 184 cm³/mol. The van der Waals surface area contributed by atoms with Gasteiger partial charge in [0.2, 0.25) is 13.8 Å². The zero-order chi connectivity index (χ0) is 35.0. The number of nitrogens with one attached hydrogen (secondary N) is 3. The van der Waals surface area contributed by atoms with E-state index in [0.717, 1.165) is 19.3 Å². The lowest BCUT2D eigenvalue weighted by atomic mass is 9.73. The molecule has 1 aliphatic rings. The SMILES string of the molecule is BC(=O)NC[C@@H](C(=O)C(CC)(CC)N1C(=O)[C@H](NC(=O)OC(C)(C)C)[C@H]1C)[C@@H](C)NC(C)(CC)C(=O)c1ccc(CCCC)cc1. The summed E-state index contributed by atoms with van der Waals surface area (Å²) in [5.41, 5.74) is -1.11. The number of benzene rings is 1. The van der Waals surface area contributed by atoms with Gasteiger partial charge >= 0.3 is 6.09 Å². The third-order valence-corrected chi connectivity index (χ3v) is 9.46. The minimum Gasteiger partial charge on any atom is -0.444 e. The summed E-state index contributed by atoms with van der Waals surface area (Å²) < 4.78 is 5.35. The normalized spacial score (nSPS) is 19.3. The van der Waals surface area contributed by atoms with Gasteiger partial charge in [0.15, 0.2) is 17.4 Å². The highest BCUT2D eigenvalue weighted by molar-refractivity contribution is 6.57. The maximum atomic E-state index is 14.7. The number of unbranched alkanes of at least 4 members (excludes halogenated alkanes) is 1. The molecular formula is C35H57BN4O6. The second-order valence-electron chi connectivity index (χ2n) is 14.0. The van der Waals surface area contributed by atoms with Crippen LogP contribution in [0.1, 0.15) is 117 Å².